The van der Waals surface area contributed by atoms with E-state index in [1.165, 1.54) is 13.0 Å². The van der Waals surface area contributed by atoms with Crippen LogP contribution in [-0.4, -0.2) is 32.6 Å². The number of sulfone groups is 1. The van der Waals surface area contributed by atoms with Gasteiger partial charge in [-0.2, -0.15) is 0 Å². The van der Waals surface area contributed by atoms with Gasteiger partial charge in [-0.1, -0.05) is 0 Å². The van der Waals surface area contributed by atoms with E-state index in [4.69, 9.17) is 0 Å². The van der Waals surface area contributed by atoms with Crippen LogP contribution < -0.4 is 10.4 Å². The highest BCUT2D eigenvalue weighted by molar-refractivity contribution is 7.90. The smallest absolute Gasteiger partial charge is 0.252 e. The third-order valence-electron chi connectivity index (χ3n) is 3.40. The van der Waals surface area contributed by atoms with E-state index in [0.29, 0.717) is 5.56 Å². The Bertz CT molecular complexity index is 692. The summed E-state index contributed by atoms with van der Waals surface area (Å²) in [6, 6.07) is 1.80. The van der Waals surface area contributed by atoms with E-state index in [9.17, 15) is 27.1 Å². The molecule has 0 bridgehead atoms. The van der Waals surface area contributed by atoms with E-state index in [1.807, 2.05) is 0 Å². The lowest BCUT2D eigenvalue weighted by Crippen LogP contribution is -2.44. The monoisotopic (exact) mass is 318 g/mol. The highest BCUT2D eigenvalue weighted by Gasteiger charge is 2.45. The number of alkyl halides is 2. The lowest BCUT2D eigenvalue weighted by molar-refractivity contribution is -0.255. The van der Waals surface area contributed by atoms with E-state index in [-0.39, 0.29) is 29.0 Å². The van der Waals surface area contributed by atoms with Crippen LogP contribution in [0.15, 0.2) is 17.0 Å². The Morgan fingerprint density at radius 2 is 1.95 bits per heavy atom. The molecule has 21 heavy (non-hydrogen) atoms. The fraction of sp³-hybridized carbons (Fsp3) is 0.462. The standard InChI is InChI=1S/C13H15F2NO4S/c1-7-3-10(16-8-5-13(14,15)6-8)11(21(2,19)20)4-9(7)12(17)18/h3-4,8,16H,5-6H2,1-2H3,(H,17,18)/p-1. The second-order valence-electron chi connectivity index (χ2n) is 5.33. The molecule has 0 saturated heterocycles. The first-order valence-corrected chi connectivity index (χ1v) is 8.09. The van der Waals surface area contributed by atoms with Gasteiger partial charge in [-0.25, -0.2) is 17.2 Å². The van der Waals surface area contributed by atoms with Crippen LogP contribution in [0.25, 0.3) is 0 Å². The number of aryl methyl sites for hydroxylation is 1. The molecule has 2 rings (SSSR count). The predicted octanol–water partition coefficient (Wildman–Crippen LogP) is 0.972. The Morgan fingerprint density at radius 1 is 1.38 bits per heavy atom. The zero-order valence-corrected chi connectivity index (χ0v) is 12.3. The highest BCUT2D eigenvalue weighted by atomic mass is 32.2. The number of hydrogen-bond donors (Lipinski definition) is 1. The van der Waals surface area contributed by atoms with Crippen LogP contribution in [0, 0.1) is 6.92 Å². The molecule has 1 aliphatic carbocycles. The van der Waals surface area contributed by atoms with Crippen molar-refractivity contribution in [3.05, 3.63) is 23.3 Å². The van der Waals surface area contributed by atoms with Gasteiger partial charge in [0.2, 0.25) is 0 Å². The summed E-state index contributed by atoms with van der Waals surface area (Å²) in [6.45, 7) is 1.48. The molecule has 0 heterocycles. The van der Waals surface area contributed by atoms with Gasteiger partial charge < -0.3 is 15.2 Å². The van der Waals surface area contributed by atoms with Crippen molar-refractivity contribution < 1.29 is 27.1 Å². The SMILES string of the molecule is Cc1cc(NC2CC(F)(F)C2)c(S(C)(=O)=O)cc1C(=O)[O-]. The summed E-state index contributed by atoms with van der Waals surface area (Å²) in [5.41, 5.74) is 0.205. The molecule has 0 amide bonds. The van der Waals surface area contributed by atoms with E-state index in [1.54, 1.807) is 0 Å². The van der Waals surface area contributed by atoms with Gasteiger partial charge >= 0.3 is 0 Å². The number of anilines is 1. The number of aromatic carboxylic acids is 1. The number of carbonyl (C=O) groups excluding carboxylic acids is 1. The van der Waals surface area contributed by atoms with E-state index >= 15 is 0 Å². The molecule has 0 aliphatic heterocycles. The highest BCUT2D eigenvalue weighted by Crippen LogP contribution is 2.40. The molecule has 1 aromatic carbocycles. The second-order valence-corrected chi connectivity index (χ2v) is 7.31. The zero-order valence-electron chi connectivity index (χ0n) is 11.4. The Labute approximate surface area is 120 Å². The van der Waals surface area contributed by atoms with Crippen LogP contribution in [0.5, 0.6) is 0 Å². The minimum Gasteiger partial charge on any atom is -0.545 e. The van der Waals surface area contributed by atoms with Gasteiger partial charge in [0.25, 0.3) is 5.92 Å². The van der Waals surface area contributed by atoms with Crippen molar-refractivity contribution in [2.75, 3.05) is 11.6 Å². The van der Waals surface area contributed by atoms with Gasteiger partial charge in [-0.05, 0) is 24.6 Å². The lowest BCUT2D eigenvalue weighted by Gasteiger charge is -2.36. The minimum absolute atomic E-state index is 0.139. The Hall–Kier alpha value is -1.70. The molecule has 8 heteroatoms. The summed E-state index contributed by atoms with van der Waals surface area (Å²) in [6.07, 6.45) is 0.173. The van der Waals surface area contributed by atoms with Gasteiger partial charge in [0.15, 0.2) is 9.84 Å². The number of halogens is 2. The maximum absolute atomic E-state index is 12.8. The molecular formula is C13H14F2NO4S-. The number of carboxylic acids is 1. The van der Waals surface area contributed by atoms with Crippen LogP contribution in [-0.2, 0) is 9.84 Å². The summed E-state index contributed by atoms with van der Waals surface area (Å²) < 4.78 is 49.2. The molecule has 1 aromatic rings. The van der Waals surface area contributed by atoms with Crippen molar-refractivity contribution in [3.8, 4) is 0 Å². The van der Waals surface area contributed by atoms with Crippen molar-refractivity contribution in [2.24, 2.45) is 0 Å². The van der Waals surface area contributed by atoms with Crippen LogP contribution >= 0.6 is 0 Å². The lowest BCUT2D eigenvalue weighted by atomic mass is 9.88. The van der Waals surface area contributed by atoms with Gasteiger partial charge in [0.05, 0.1) is 16.6 Å². The van der Waals surface area contributed by atoms with E-state index < -0.39 is 27.8 Å². The van der Waals surface area contributed by atoms with Crippen molar-refractivity contribution in [1.29, 1.82) is 0 Å². The number of hydrogen-bond acceptors (Lipinski definition) is 5. The first kappa shape index (κ1) is 15.7. The van der Waals surface area contributed by atoms with E-state index in [2.05, 4.69) is 5.32 Å². The summed E-state index contributed by atoms with van der Waals surface area (Å²) in [5.74, 6) is -4.22. The average Bonchev–Trinajstić information content (AvgIpc) is 2.24. The number of carboxylic acid groups (broad SMARTS) is 1. The van der Waals surface area contributed by atoms with Gasteiger partial charge in [0, 0.05) is 30.7 Å². The summed E-state index contributed by atoms with van der Waals surface area (Å²) >= 11 is 0. The average molecular weight is 318 g/mol. The largest absolute Gasteiger partial charge is 0.545 e. The fourth-order valence-corrected chi connectivity index (χ4v) is 3.16. The molecule has 0 spiro atoms. The zero-order chi connectivity index (χ0) is 16.0. The molecule has 1 fully saturated rings. The van der Waals surface area contributed by atoms with Crippen molar-refractivity contribution in [3.63, 3.8) is 0 Å². The molecule has 1 saturated carbocycles. The molecule has 5 nitrogen and oxygen atoms in total. The Balaban J connectivity index is 2.40. The van der Waals surface area contributed by atoms with Gasteiger partial charge in [-0.15, -0.1) is 0 Å². The first-order valence-electron chi connectivity index (χ1n) is 6.20. The Morgan fingerprint density at radius 3 is 2.38 bits per heavy atom. The predicted molar refractivity (Wildman–Crippen MR) is 70.2 cm³/mol. The van der Waals surface area contributed by atoms with Crippen molar-refractivity contribution >= 4 is 21.5 Å². The normalized spacial score (nSPS) is 18.1. The van der Waals surface area contributed by atoms with Crippen LogP contribution in [0.3, 0.4) is 0 Å². The summed E-state index contributed by atoms with van der Waals surface area (Å²) in [5, 5.41) is 13.7. The molecular weight excluding hydrogens is 304 g/mol. The third kappa shape index (κ3) is 3.31. The maximum atomic E-state index is 12.8. The molecule has 1 aliphatic rings. The summed E-state index contributed by atoms with van der Waals surface area (Å²) in [4.78, 5) is 10.7. The second kappa shape index (κ2) is 4.94. The summed E-state index contributed by atoms with van der Waals surface area (Å²) in [7, 11) is -3.71. The van der Waals surface area contributed by atoms with E-state index in [0.717, 1.165) is 12.3 Å². The number of nitrogens with one attached hydrogen (secondary N) is 1. The first-order chi connectivity index (χ1) is 9.49. The topological polar surface area (TPSA) is 86.3 Å². The van der Waals surface area contributed by atoms with Crippen molar-refractivity contribution in [2.45, 2.75) is 36.6 Å². The quantitative estimate of drug-likeness (QED) is 0.894. The Kier molecular flexibility index (Phi) is 3.69. The number of rotatable bonds is 4. The molecule has 0 aromatic heterocycles. The number of benzene rings is 1. The van der Waals surface area contributed by atoms with Gasteiger partial charge in [0.1, 0.15) is 0 Å². The molecule has 0 unspecified atom stereocenters. The fourth-order valence-electron chi connectivity index (χ4n) is 2.31. The van der Waals surface area contributed by atoms with Crippen LogP contribution in [0.4, 0.5) is 14.5 Å². The van der Waals surface area contributed by atoms with Crippen molar-refractivity contribution in [1.82, 2.24) is 0 Å². The third-order valence-corrected chi connectivity index (χ3v) is 4.53. The molecule has 0 radical (unpaired) electrons. The van der Waals surface area contributed by atoms with Gasteiger partial charge in [-0.3, -0.25) is 0 Å². The molecule has 0 atom stereocenters. The maximum Gasteiger partial charge on any atom is 0.252 e. The van der Waals surface area contributed by atoms with Crippen LogP contribution in [0.2, 0.25) is 0 Å². The molecule has 116 valence electrons. The van der Waals surface area contributed by atoms with Crippen LogP contribution in [0.1, 0.15) is 28.8 Å². The number of carbonyl (C=O) groups is 1. The minimum atomic E-state index is -3.71. The molecule has 1 N–H and O–H groups in total.